The summed E-state index contributed by atoms with van der Waals surface area (Å²) in [6, 6.07) is 2.12. The fraction of sp³-hybridized carbons (Fsp3) is 0.316. The van der Waals surface area contributed by atoms with E-state index in [4.69, 9.17) is 5.73 Å². The van der Waals surface area contributed by atoms with Crippen molar-refractivity contribution in [2.75, 3.05) is 11.1 Å². The first kappa shape index (κ1) is 21.3. The van der Waals surface area contributed by atoms with E-state index in [-0.39, 0.29) is 36.1 Å². The van der Waals surface area contributed by atoms with Crippen molar-refractivity contribution in [2.45, 2.75) is 32.1 Å². The van der Waals surface area contributed by atoms with E-state index in [2.05, 4.69) is 20.4 Å². The quantitative estimate of drug-likeness (QED) is 0.520. The van der Waals surface area contributed by atoms with Gasteiger partial charge in [0, 0.05) is 18.9 Å². The first-order valence-electron chi connectivity index (χ1n) is 9.60. The number of carbonyl (C=O) groups excluding carboxylic acids is 1. The molecule has 1 aliphatic carbocycles. The lowest BCUT2D eigenvalue weighted by molar-refractivity contribution is -0.141. The Morgan fingerprint density at radius 3 is 2.62 bits per heavy atom. The lowest BCUT2D eigenvalue weighted by Gasteiger charge is -2.10. The molecular weight excluding hydrogens is 431 g/mol. The van der Waals surface area contributed by atoms with Crippen LogP contribution < -0.4 is 22.3 Å². The smallest absolute Gasteiger partial charge is 0.383 e. The Labute approximate surface area is 177 Å². The number of nitrogens with two attached hydrogens (primary N) is 1. The Kier molecular flexibility index (Phi) is 5.32. The molecular formula is C19H18F3N7O3. The molecule has 1 fully saturated rings. The highest BCUT2D eigenvalue weighted by Gasteiger charge is 2.32. The van der Waals surface area contributed by atoms with Gasteiger partial charge in [0.1, 0.15) is 17.2 Å². The van der Waals surface area contributed by atoms with Crippen molar-refractivity contribution in [3.05, 3.63) is 68.4 Å². The molecule has 32 heavy (non-hydrogen) atoms. The molecule has 168 valence electrons. The number of carbonyl (C=O) groups is 1. The molecule has 0 atom stereocenters. The Hall–Kier alpha value is -3.90. The van der Waals surface area contributed by atoms with Crippen LogP contribution in [0.15, 0.2) is 40.3 Å². The largest absolute Gasteiger partial charge is 0.433 e. The third-order valence-corrected chi connectivity index (χ3v) is 4.95. The molecule has 1 saturated carbocycles. The first-order valence-corrected chi connectivity index (χ1v) is 9.60. The first-order chi connectivity index (χ1) is 15.1. The number of anilines is 2. The number of nitrogen functional groups attached to an aromatic ring is 1. The summed E-state index contributed by atoms with van der Waals surface area (Å²) in [5, 5.41) is 6.40. The molecule has 1 aliphatic rings. The van der Waals surface area contributed by atoms with Crippen molar-refractivity contribution in [1.82, 2.24) is 24.3 Å². The number of nitrogens with one attached hydrogen (secondary N) is 2. The molecule has 4 rings (SSSR count). The van der Waals surface area contributed by atoms with Gasteiger partial charge in [-0.2, -0.15) is 18.3 Å². The molecule has 0 spiro atoms. The van der Waals surface area contributed by atoms with Crippen LogP contribution in [-0.2, 0) is 19.3 Å². The number of hydrogen-bond donors (Lipinski definition) is 3. The second-order valence-electron chi connectivity index (χ2n) is 7.51. The number of pyridine rings is 1. The van der Waals surface area contributed by atoms with E-state index in [0.717, 1.165) is 29.7 Å². The van der Waals surface area contributed by atoms with Crippen molar-refractivity contribution in [2.24, 2.45) is 5.92 Å². The van der Waals surface area contributed by atoms with Gasteiger partial charge < -0.3 is 11.1 Å². The SMILES string of the molecule is Nc1[nH]c(=O)n(CC2CC2)c(=O)c1NC(=O)c1cnn(Cc2ccc(C(F)(F)F)nc2)c1. The summed E-state index contributed by atoms with van der Waals surface area (Å²) in [4.78, 5) is 42.9. The van der Waals surface area contributed by atoms with Crippen molar-refractivity contribution in [3.63, 3.8) is 0 Å². The predicted octanol–water partition coefficient (Wildman–Crippen LogP) is 1.44. The summed E-state index contributed by atoms with van der Waals surface area (Å²) in [5.74, 6) is -0.696. The number of aromatic nitrogens is 5. The minimum Gasteiger partial charge on any atom is -0.383 e. The molecule has 0 bridgehead atoms. The Bertz CT molecular complexity index is 1270. The van der Waals surface area contributed by atoms with E-state index in [9.17, 15) is 27.6 Å². The van der Waals surface area contributed by atoms with Crippen LogP contribution in [0.3, 0.4) is 0 Å². The number of aromatic amines is 1. The second-order valence-corrected chi connectivity index (χ2v) is 7.51. The molecule has 0 radical (unpaired) electrons. The number of halogens is 3. The molecule has 0 aliphatic heterocycles. The van der Waals surface area contributed by atoms with Gasteiger partial charge in [0.2, 0.25) is 0 Å². The predicted molar refractivity (Wildman–Crippen MR) is 107 cm³/mol. The van der Waals surface area contributed by atoms with Gasteiger partial charge in [-0.3, -0.25) is 28.8 Å². The topological polar surface area (TPSA) is 141 Å². The van der Waals surface area contributed by atoms with Crippen LogP contribution in [0.2, 0.25) is 0 Å². The van der Waals surface area contributed by atoms with Gasteiger partial charge in [-0.1, -0.05) is 6.07 Å². The van der Waals surface area contributed by atoms with Crippen LogP contribution in [0.1, 0.15) is 34.5 Å². The lowest BCUT2D eigenvalue weighted by Crippen LogP contribution is -2.38. The average molecular weight is 449 g/mol. The van der Waals surface area contributed by atoms with Crippen LogP contribution in [0.5, 0.6) is 0 Å². The van der Waals surface area contributed by atoms with Crippen LogP contribution >= 0.6 is 0 Å². The van der Waals surface area contributed by atoms with Gasteiger partial charge in [0.25, 0.3) is 11.5 Å². The van der Waals surface area contributed by atoms with E-state index < -0.39 is 29.0 Å². The Morgan fingerprint density at radius 2 is 2.00 bits per heavy atom. The monoisotopic (exact) mass is 449 g/mol. The highest BCUT2D eigenvalue weighted by molar-refractivity contribution is 6.05. The van der Waals surface area contributed by atoms with E-state index >= 15 is 0 Å². The summed E-state index contributed by atoms with van der Waals surface area (Å²) in [6.07, 6.45) is 0.982. The van der Waals surface area contributed by atoms with Crippen molar-refractivity contribution in [3.8, 4) is 0 Å². The summed E-state index contributed by atoms with van der Waals surface area (Å²) >= 11 is 0. The highest BCUT2D eigenvalue weighted by atomic mass is 19.4. The fourth-order valence-corrected chi connectivity index (χ4v) is 3.06. The molecule has 13 heteroatoms. The summed E-state index contributed by atoms with van der Waals surface area (Å²) < 4.78 is 40.2. The maximum atomic E-state index is 12.6. The van der Waals surface area contributed by atoms with E-state index in [0.29, 0.717) is 5.56 Å². The highest BCUT2D eigenvalue weighted by Crippen LogP contribution is 2.30. The lowest BCUT2D eigenvalue weighted by atomic mass is 10.2. The maximum absolute atomic E-state index is 12.6. The van der Waals surface area contributed by atoms with Gasteiger partial charge in [-0.25, -0.2) is 4.79 Å². The molecule has 4 N–H and O–H groups in total. The zero-order valence-corrected chi connectivity index (χ0v) is 16.5. The third kappa shape index (κ3) is 4.55. The number of alkyl halides is 3. The van der Waals surface area contributed by atoms with Gasteiger partial charge in [0.05, 0.1) is 18.3 Å². The fourth-order valence-electron chi connectivity index (χ4n) is 3.06. The van der Waals surface area contributed by atoms with Gasteiger partial charge >= 0.3 is 11.9 Å². The zero-order valence-electron chi connectivity index (χ0n) is 16.5. The number of rotatable bonds is 6. The molecule has 3 heterocycles. The summed E-state index contributed by atoms with van der Waals surface area (Å²) in [5.41, 5.74) is 3.66. The normalized spacial score (nSPS) is 13.8. The van der Waals surface area contributed by atoms with Crippen LogP contribution in [-0.4, -0.2) is 30.2 Å². The molecule has 1 amide bonds. The molecule has 0 unspecified atom stereocenters. The molecule has 0 saturated heterocycles. The van der Waals surface area contributed by atoms with Gasteiger partial charge in [0.15, 0.2) is 0 Å². The van der Waals surface area contributed by atoms with Crippen molar-refractivity contribution in [1.29, 1.82) is 0 Å². The molecule has 3 aromatic heterocycles. The minimum atomic E-state index is -4.53. The Morgan fingerprint density at radius 1 is 1.25 bits per heavy atom. The Balaban J connectivity index is 1.49. The second kappa shape index (κ2) is 7.98. The number of amides is 1. The van der Waals surface area contributed by atoms with Gasteiger partial charge in [-0.15, -0.1) is 0 Å². The van der Waals surface area contributed by atoms with Crippen LogP contribution in [0.25, 0.3) is 0 Å². The number of hydrogen-bond acceptors (Lipinski definition) is 6. The van der Waals surface area contributed by atoms with E-state index in [1.165, 1.54) is 23.1 Å². The minimum absolute atomic E-state index is 0.0768. The standard InChI is InChI=1S/C19H18F3N7O3/c20-19(21,22)13-4-3-11(5-24-13)7-28-9-12(6-25-28)16(30)26-14-15(23)27-18(32)29(17(14)31)8-10-1-2-10/h3-6,9-10H,1-2,7-8,23H2,(H,26,30)(H,27,32). The zero-order chi connectivity index (χ0) is 23.0. The van der Waals surface area contributed by atoms with Crippen molar-refractivity contribution < 1.29 is 18.0 Å². The molecule has 0 aromatic carbocycles. The van der Waals surface area contributed by atoms with Crippen LogP contribution in [0.4, 0.5) is 24.7 Å². The number of H-pyrrole nitrogens is 1. The summed E-state index contributed by atoms with van der Waals surface area (Å²) in [7, 11) is 0. The van der Waals surface area contributed by atoms with E-state index in [1.54, 1.807) is 0 Å². The maximum Gasteiger partial charge on any atom is 0.433 e. The van der Waals surface area contributed by atoms with E-state index in [1.807, 2.05) is 0 Å². The molecule has 10 nitrogen and oxygen atoms in total. The number of nitrogens with zero attached hydrogens (tertiary/aromatic N) is 4. The molecule has 3 aromatic rings. The third-order valence-electron chi connectivity index (χ3n) is 4.95. The van der Waals surface area contributed by atoms with Gasteiger partial charge in [-0.05, 0) is 30.4 Å². The van der Waals surface area contributed by atoms with Crippen LogP contribution in [0, 0.1) is 5.92 Å². The van der Waals surface area contributed by atoms with Crippen molar-refractivity contribution >= 4 is 17.4 Å². The average Bonchev–Trinajstić information content (AvgIpc) is 3.43. The summed E-state index contributed by atoms with van der Waals surface area (Å²) in [6.45, 7) is 0.323.